The number of nitrogens with one attached hydrogen (secondary N) is 2. The minimum atomic E-state index is -3.67. The van der Waals surface area contributed by atoms with Gasteiger partial charge >= 0.3 is 5.97 Å². The van der Waals surface area contributed by atoms with Gasteiger partial charge in [-0.05, 0) is 31.5 Å². The Balaban J connectivity index is 2.97. The maximum atomic E-state index is 12.1. The van der Waals surface area contributed by atoms with Crippen molar-refractivity contribution < 1.29 is 18.3 Å². The molecule has 0 saturated heterocycles. The molecule has 0 amide bonds. The first-order chi connectivity index (χ1) is 9.92. The first-order valence-corrected chi connectivity index (χ1v) is 8.51. The zero-order valence-corrected chi connectivity index (χ0v) is 13.2. The lowest BCUT2D eigenvalue weighted by atomic mass is 10.2. The van der Waals surface area contributed by atoms with E-state index < -0.39 is 16.0 Å². The molecule has 0 radical (unpaired) electrons. The van der Waals surface area contributed by atoms with Crippen molar-refractivity contribution in [2.24, 2.45) is 0 Å². The number of carboxylic acids is 1. The first-order valence-electron chi connectivity index (χ1n) is 7.03. The van der Waals surface area contributed by atoms with Gasteiger partial charge in [-0.25, -0.2) is 17.9 Å². The van der Waals surface area contributed by atoms with Gasteiger partial charge in [0.25, 0.3) is 0 Å². The molecule has 0 aliphatic heterocycles. The molecule has 0 aliphatic carbocycles. The molecule has 7 heteroatoms. The van der Waals surface area contributed by atoms with E-state index in [1.54, 1.807) is 0 Å². The van der Waals surface area contributed by atoms with E-state index in [0.29, 0.717) is 18.8 Å². The van der Waals surface area contributed by atoms with Crippen molar-refractivity contribution in [3.63, 3.8) is 0 Å². The number of benzene rings is 1. The summed E-state index contributed by atoms with van der Waals surface area (Å²) in [7, 11) is -3.67. The third kappa shape index (κ3) is 5.02. The summed E-state index contributed by atoms with van der Waals surface area (Å²) in [5.41, 5.74) is 0.364. The van der Waals surface area contributed by atoms with E-state index in [1.165, 1.54) is 18.2 Å². The van der Waals surface area contributed by atoms with E-state index in [9.17, 15) is 18.3 Å². The van der Waals surface area contributed by atoms with Crippen LogP contribution in [0.25, 0.3) is 0 Å². The maximum Gasteiger partial charge on any atom is 0.337 e. The van der Waals surface area contributed by atoms with Gasteiger partial charge in [-0.2, -0.15) is 0 Å². The maximum absolute atomic E-state index is 12.1. The van der Waals surface area contributed by atoms with Crippen LogP contribution in [0, 0.1) is 0 Å². The monoisotopic (exact) mass is 314 g/mol. The molecule has 0 aliphatic rings. The number of hydrogen-bond donors (Lipinski definition) is 3. The molecule has 0 aromatic heterocycles. The van der Waals surface area contributed by atoms with E-state index >= 15 is 0 Å². The van der Waals surface area contributed by atoms with E-state index in [4.69, 9.17) is 0 Å². The molecule has 6 nitrogen and oxygen atoms in total. The SMILES string of the molecule is CCCCCNS(=O)(=O)c1ccc(NCC)c(C(=O)O)c1. The van der Waals surface area contributed by atoms with Gasteiger partial charge in [0.05, 0.1) is 10.5 Å². The number of hydrogen-bond acceptors (Lipinski definition) is 4. The molecule has 0 fully saturated rings. The summed E-state index contributed by atoms with van der Waals surface area (Å²) in [6, 6.07) is 4.07. The van der Waals surface area contributed by atoms with Crippen LogP contribution in [-0.4, -0.2) is 32.6 Å². The standard InChI is InChI=1S/C14H22N2O4S/c1-3-5-6-9-16-21(19,20)11-7-8-13(15-4-2)12(10-11)14(17)18/h7-8,10,15-16H,3-6,9H2,1-2H3,(H,17,18). The van der Waals surface area contributed by atoms with Crippen LogP contribution < -0.4 is 10.0 Å². The summed E-state index contributed by atoms with van der Waals surface area (Å²) in [6.07, 6.45) is 2.71. The molecule has 1 aromatic rings. The fourth-order valence-electron chi connectivity index (χ4n) is 1.88. The van der Waals surface area contributed by atoms with E-state index in [1.807, 2.05) is 13.8 Å². The average Bonchev–Trinajstić information content (AvgIpc) is 2.44. The number of unbranched alkanes of at least 4 members (excludes halogenated alkanes) is 2. The number of rotatable bonds is 9. The molecule has 1 aromatic carbocycles. The Morgan fingerprint density at radius 3 is 2.52 bits per heavy atom. The Hall–Kier alpha value is -1.60. The molecule has 0 saturated carbocycles. The second kappa shape index (κ2) is 7.99. The van der Waals surface area contributed by atoms with E-state index in [2.05, 4.69) is 10.0 Å². The van der Waals surface area contributed by atoms with Crippen molar-refractivity contribution in [1.29, 1.82) is 0 Å². The van der Waals surface area contributed by atoms with Gasteiger partial charge in [0.15, 0.2) is 0 Å². The van der Waals surface area contributed by atoms with Gasteiger partial charge in [0.1, 0.15) is 0 Å². The molecule has 118 valence electrons. The Kier molecular flexibility index (Phi) is 6.64. The van der Waals surface area contributed by atoms with Gasteiger partial charge in [-0.3, -0.25) is 0 Å². The topological polar surface area (TPSA) is 95.5 Å². The minimum Gasteiger partial charge on any atom is -0.478 e. The van der Waals surface area contributed by atoms with Crippen LogP contribution in [0.15, 0.2) is 23.1 Å². The zero-order chi connectivity index (χ0) is 15.9. The van der Waals surface area contributed by atoms with Crippen LogP contribution >= 0.6 is 0 Å². The van der Waals surface area contributed by atoms with Crippen molar-refractivity contribution in [3.8, 4) is 0 Å². The van der Waals surface area contributed by atoms with Crippen LogP contribution in [0.3, 0.4) is 0 Å². The minimum absolute atomic E-state index is 0.0296. The number of carboxylic acid groups (broad SMARTS) is 1. The zero-order valence-electron chi connectivity index (χ0n) is 12.3. The Labute approximate surface area is 125 Å². The highest BCUT2D eigenvalue weighted by molar-refractivity contribution is 7.89. The quantitative estimate of drug-likeness (QED) is 0.608. The molecular formula is C14H22N2O4S. The molecule has 3 N–H and O–H groups in total. The molecular weight excluding hydrogens is 292 g/mol. The summed E-state index contributed by atoms with van der Waals surface area (Å²) >= 11 is 0. The van der Waals surface area contributed by atoms with Gasteiger partial charge in [0, 0.05) is 18.8 Å². The molecule has 0 bridgehead atoms. The third-order valence-corrected chi connectivity index (χ3v) is 4.43. The summed E-state index contributed by atoms with van der Waals surface area (Å²) in [5.74, 6) is -1.16. The van der Waals surface area contributed by atoms with E-state index in [0.717, 1.165) is 19.3 Å². The lowest BCUT2D eigenvalue weighted by molar-refractivity contribution is 0.0697. The largest absolute Gasteiger partial charge is 0.478 e. The number of aromatic carboxylic acids is 1. The second-order valence-corrected chi connectivity index (χ2v) is 6.41. The van der Waals surface area contributed by atoms with Crippen LogP contribution in [-0.2, 0) is 10.0 Å². The highest BCUT2D eigenvalue weighted by Gasteiger charge is 2.18. The fourth-order valence-corrected chi connectivity index (χ4v) is 2.98. The van der Waals surface area contributed by atoms with Crippen molar-refractivity contribution in [3.05, 3.63) is 23.8 Å². The van der Waals surface area contributed by atoms with Crippen LogP contribution in [0.2, 0.25) is 0 Å². The number of carbonyl (C=O) groups is 1. The molecule has 0 unspecified atom stereocenters. The third-order valence-electron chi connectivity index (χ3n) is 2.97. The average molecular weight is 314 g/mol. The highest BCUT2D eigenvalue weighted by atomic mass is 32.2. The molecule has 0 atom stereocenters. The first kappa shape index (κ1) is 17.5. The Bertz CT molecular complexity index is 585. The van der Waals surface area contributed by atoms with Crippen molar-refractivity contribution in [2.45, 2.75) is 38.0 Å². The predicted octanol–water partition coefficient (Wildman–Crippen LogP) is 2.29. The summed E-state index contributed by atoms with van der Waals surface area (Å²) < 4.78 is 26.7. The Morgan fingerprint density at radius 1 is 1.24 bits per heavy atom. The lowest BCUT2D eigenvalue weighted by Gasteiger charge is -2.11. The fraction of sp³-hybridized carbons (Fsp3) is 0.500. The summed E-state index contributed by atoms with van der Waals surface area (Å²) in [5, 5.41) is 12.1. The van der Waals surface area contributed by atoms with Crippen LogP contribution in [0.5, 0.6) is 0 Å². The van der Waals surface area contributed by atoms with Crippen molar-refractivity contribution in [2.75, 3.05) is 18.4 Å². The van der Waals surface area contributed by atoms with Crippen LogP contribution in [0.1, 0.15) is 43.5 Å². The van der Waals surface area contributed by atoms with Crippen molar-refractivity contribution >= 4 is 21.7 Å². The normalized spacial score (nSPS) is 11.3. The van der Waals surface area contributed by atoms with Gasteiger partial charge in [0.2, 0.25) is 10.0 Å². The number of sulfonamides is 1. The summed E-state index contributed by atoms with van der Waals surface area (Å²) in [6.45, 7) is 4.79. The van der Waals surface area contributed by atoms with Crippen LogP contribution in [0.4, 0.5) is 5.69 Å². The Morgan fingerprint density at radius 2 is 1.95 bits per heavy atom. The second-order valence-electron chi connectivity index (χ2n) is 4.65. The molecule has 0 heterocycles. The van der Waals surface area contributed by atoms with Crippen molar-refractivity contribution in [1.82, 2.24) is 4.72 Å². The van der Waals surface area contributed by atoms with Gasteiger partial charge in [-0.15, -0.1) is 0 Å². The van der Waals surface area contributed by atoms with E-state index in [-0.39, 0.29) is 10.5 Å². The molecule has 1 rings (SSSR count). The van der Waals surface area contributed by atoms with Gasteiger partial charge < -0.3 is 10.4 Å². The smallest absolute Gasteiger partial charge is 0.337 e. The van der Waals surface area contributed by atoms with Gasteiger partial charge in [-0.1, -0.05) is 19.8 Å². The highest BCUT2D eigenvalue weighted by Crippen LogP contribution is 2.20. The molecule has 21 heavy (non-hydrogen) atoms. The molecule has 0 spiro atoms. The number of anilines is 1. The lowest BCUT2D eigenvalue weighted by Crippen LogP contribution is -2.25. The predicted molar refractivity (Wildman–Crippen MR) is 82.3 cm³/mol. The summed E-state index contributed by atoms with van der Waals surface area (Å²) in [4.78, 5) is 11.2.